The number of thiazole rings is 1. The molecule has 0 unspecified atom stereocenters. The van der Waals surface area contributed by atoms with Crippen molar-refractivity contribution in [2.45, 2.75) is 6.61 Å². The Labute approximate surface area is 193 Å². The molecular weight excluding hydrogens is 451 g/mol. The van der Waals surface area contributed by atoms with E-state index in [4.69, 9.17) is 4.74 Å². The van der Waals surface area contributed by atoms with E-state index < -0.39 is 17.5 Å². The van der Waals surface area contributed by atoms with Crippen molar-refractivity contribution < 1.29 is 22.7 Å². The first-order valence-electron chi connectivity index (χ1n) is 10.4. The molecule has 2 aromatic carbocycles. The minimum Gasteiger partial charge on any atom is -0.489 e. The molecule has 3 aromatic rings. The van der Waals surface area contributed by atoms with E-state index in [1.807, 2.05) is 6.08 Å². The lowest BCUT2D eigenvalue weighted by atomic mass is 10.2. The van der Waals surface area contributed by atoms with Crippen LogP contribution in [0.1, 0.15) is 16.1 Å². The SMILES string of the molecule is C=CCN1CCN(C(=O)c2csc(-c3ccc(OCc4ccc(F)c(F)c4)cc3F)n2)CC1. The van der Waals surface area contributed by atoms with Crippen LogP contribution in [0.15, 0.2) is 54.4 Å². The fourth-order valence-electron chi connectivity index (χ4n) is 3.53. The second-order valence-corrected chi connectivity index (χ2v) is 8.46. The molecule has 5 nitrogen and oxygen atoms in total. The van der Waals surface area contributed by atoms with E-state index in [1.54, 1.807) is 16.3 Å². The monoisotopic (exact) mass is 473 g/mol. The van der Waals surface area contributed by atoms with Gasteiger partial charge in [-0.05, 0) is 29.8 Å². The van der Waals surface area contributed by atoms with Gasteiger partial charge in [0.25, 0.3) is 5.91 Å². The highest BCUT2D eigenvalue weighted by atomic mass is 32.1. The number of aromatic nitrogens is 1. The average molecular weight is 474 g/mol. The quantitative estimate of drug-likeness (QED) is 0.465. The maximum atomic E-state index is 14.7. The van der Waals surface area contributed by atoms with Crippen LogP contribution in [0, 0.1) is 17.5 Å². The van der Waals surface area contributed by atoms with Crippen LogP contribution < -0.4 is 4.74 Å². The topological polar surface area (TPSA) is 45.7 Å². The number of hydrogen-bond acceptors (Lipinski definition) is 5. The average Bonchev–Trinajstić information content (AvgIpc) is 3.30. The summed E-state index contributed by atoms with van der Waals surface area (Å²) in [5.74, 6) is -2.38. The Morgan fingerprint density at radius 2 is 1.85 bits per heavy atom. The third kappa shape index (κ3) is 5.43. The van der Waals surface area contributed by atoms with Crippen molar-refractivity contribution in [1.29, 1.82) is 0 Å². The number of carbonyl (C=O) groups is 1. The van der Waals surface area contributed by atoms with Gasteiger partial charge in [0.15, 0.2) is 11.6 Å². The number of piperazine rings is 1. The van der Waals surface area contributed by atoms with Gasteiger partial charge in [0.05, 0.1) is 0 Å². The molecule has 0 bridgehead atoms. The number of nitrogens with zero attached hydrogens (tertiary/aromatic N) is 3. The molecule has 0 aliphatic carbocycles. The summed E-state index contributed by atoms with van der Waals surface area (Å²) < 4.78 is 46.5. The van der Waals surface area contributed by atoms with Gasteiger partial charge in [-0.1, -0.05) is 12.1 Å². The van der Waals surface area contributed by atoms with Crippen molar-refractivity contribution in [3.05, 3.63) is 83.1 Å². The fraction of sp³-hybridized carbons (Fsp3) is 0.250. The number of benzene rings is 2. The molecular formula is C24H22F3N3O2S. The van der Waals surface area contributed by atoms with E-state index in [1.165, 1.54) is 29.5 Å². The number of carbonyl (C=O) groups excluding carboxylic acids is 1. The molecule has 0 N–H and O–H groups in total. The zero-order valence-corrected chi connectivity index (χ0v) is 18.6. The number of halogens is 3. The highest BCUT2D eigenvalue weighted by Crippen LogP contribution is 2.29. The second-order valence-electron chi connectivity index (χ2n) is 7.60. The molecule has 1 fully saturated rings. The summed E-state index contributed by atoms with van der Waals surface area (Å²) in [6.45, 7) is 7.26. The Bertz CT molecular complexity index is 1160. The van der Waals surface area contributed by atoms with Crippen LogP contribution in [-0.2, 0) is 6.61 Å². The van der Waals surface area contributed by atoms with Gasteiger partial charge < -0.3 is 9.64 Å². The van der Waals surface area contributed by atoms with Crippen LogP contribution in [0.25, 0.3) is 10.6 Å². The predicted octanol–water partition coefficient (Wildman–Crippen LogP) is 4.75. The van der Waals surface area contributed by atoms with Gasteiger partial charge in [-0.2, -0.15) is 0 Å². The highest BCUT2D eigenvalue weighted by molar-refractivity contribution is 7.13. The van der Waals surface area contributed by atoms with Crippen molar-refractivity contribution >= 4 is 17.2 Å². The predicted molar refractivity (Wildman–Crippen MR) is 121 cm³/mol. The zero-order valence-electron chi connectivity index (χ0n) is 17.8. The number of hydrogen-bond donors (Lipinski definition) is 0. The van der Waals surface area contributed by atoms with Crippen molar-refractivity contribution in [1.82, 2.24) is 14.8 Å². The Morgan fingerprint density at radius 1 is 1.06 bits per heavy atom. The van der Waals surface area contributed by atoms with Gasteiger partial charge >= 0.3 is 0 Å². The van der Waals surface area contributed by atoms with Crippen LogP contribution in [-0.4, -0.2) is 53.4 Å². The zero-order chi connectivity index (χ0) is 23.4. The van der Waals surface area contributed by atoms with Crippen LogP contribution in [0.2, 0.25) is 0 Å². The van der Waals surface area contributed by atoms with E-state index in [-0.39, 0.29) is 23.8 Å². The molecule has 1 aliphatic rings. The Morgan fingerprint density at radius 3 is 2.55 bits per heavy atom. The molecule has 1 aromatic heterocycles. The third-order valence-corrected chi connectivity index (χ3v) is 6.21. The summed E-state index contributed by atoms with van der Waals surface area (Å²) in [5, 5.41) is 2.04. The maximum Gasteiger partial charge on any atom is 0.273 e. The van der Waals surface area contributed by atoms with E-state index in [2.05, 4.69) is 16.5 Å². The smallest absolute Gasteiger partial charge is 0.273 e. The largest absolute Gasteiger partial charge is 0.489 e. The summed E-state index contributed by atoms with van der Waals surface area (Å²) in [6.07, 6.45) is 1.84. The van der Waals surface area contributed by atoms with Crippen molar-refractivity contribution in [3.8, 4) is 16.3 Å². The summed E-state index contributed by atoms with van der Waals surface area (Å²) in [4.78, 5) is 21.1. The van der Waals surface area contributed by atoms with Crippen molar-refractivity contribution in [2.75, 3.05) is 32.7 Å². The van der Waals surface area contributed by atoms with Gasteiger partial charge in [0.1, 0.15) is 28.9 Å². The summed E-state index contributed by atoms with van der Waals surface area (Å²) in [5.41, 5.74) is 0.979. The molecule has 0 atom stereocenters. The van der Waals surface area contributed by atoms with Crippen molar-refractivity contribution in [2.24, 2.45) is 0 Å². The summed E-state index contributed by atoms with van der Waals surface area (Å²) in [6, 6.07) is 7.75. The fourth-order valence-corrected chi connectivity index (χ4v) is 4.35. The lowest BCUT2D eigenvalue weighted by Gasteiger charge is -2.33. The molecule has 1 aliphatic heterocycles. The molecule has 33 heavy (non-hydrogen) atoms. The molecule has 2 heterocycles. The standard InChI is InChI=1S/C24H22F3N3O2S/c1-2-7-29-8-10-30(11-9-29)24(31)22-15-33-23(28-22)18-5-4-17(13-20(18)26)32-14-16-3-6-19(25)21(27)12-16/h2-6,12-13,15H,1,7-11,14H2. The van der Waals surface area contributed by atoms with Crippen LogP contribution >= 0.6 is 11.3 Å². The molecule has 1 amide bonds. The minimum atomic E-state index is -0.967. The summed E-state index contributed by atoms with van der Waals surface area (Å²) in [7, 11) is 0. The number of rotatable bonds is 7. The molecule has 172 valence electrons. The Balaban J connectivity index is 1.40. The van der Waals surface area contributed by atoms with Gasteiger partial charge in [-0.15, -0.1) is 17.9 Å². The molecule has 0 saturated carbocycles. The number of amides is 1. The van der Waals surface area contributed by atoms with Gasteiger partial charge in [-0.3, -0.25) is 9.69 Å². The third-order valence-electron chi connectivity index (χ3n) is 5.33. The minimum absolute atomic E-state index is 0.0358. The lowest BCUT2D eigenvalue weighted by Crippen LogP contribution is -2.48. The van der Waals surface area contributed by atoms with Crippen molar-refractivity contribution in [3.63, 3.8) is 0 Å². The van der Waals surface area contributed by atoms with E-state index >= 15 is 0 Å². The van der Waals surface area contributed by atoms with E-state index in [9.17, 15) is 18.0 Å². The molecule has 0 radical (unpaired) electrons. The normalized spacial score (nSPS) is 14.3. The van der Waals surface area contributed by atoms with Crippen LogP contribution in [0.4, 0.5) is 13.2 Å². The molecule has 9 heteroatoms. The first-order chi connectivity index (χ1) is 15.9. The van der Waals surface area contributed by atoms with E-state index in [0.717, 1.165) is 31.8 Å². The molecule has 0 spiro atoms. The lowest BCUT2D eigenvalue weighted by molar-refractivity contribution is 0.0645. The highest BCUT2D eigenvalue weighted by Gasteiger charge is 2.24. The van der Waals surface area contributed by atoms with Gasteiger partial charge in [-0.25, -0.2) is 18.2 Å². The Hall–Kier alpha value is -3.17. The van der Waals surface area contributed by atoms with Gasteiger partial charge in [0.2, 0.25) is 0 Å². The van der Waals surface area contributed by atoms with Crippen LogP contribution in [0.5, 0.6) is 5.75 Å². The first-order valence-corrected chi connectivity index (χ1v) is 11.3. The van der Waals surface area contributed by atoms with Gasteiger partial charge in [0, 0.05) is 49.7 Å². The second kappa shape index (κ2) is 10.2. The van der Waals surface area contributed by atoms with Crippen LogP contribution in [0.3, 0.4) is 0 Å². The number of ether oxygens (including phenoxy) is 1. The summed E-state index contributed by atoms with van der Waals surface area (Å²) >= 11 is 1.20. The Kier molecular flexibility index (Phi) is 7.10. The van der Waals surface area contributed by atoms with E-state index in [0.29, 0.717) is 29.4 Å². The maximum absolute atomic E-state index is 14.7. The first kappa shape index (κ1) is 23.0. The molecule has 1 saturated heterocycles. The molecule has 4 rings (SSSR count).